The molecular formula is C16H21ClN2O4. The molecule has 0 unspecified atom stereocenters. The molecular weight excluding hydrogens is 320 g/mol. The van der Waals surface area contributed by atoms with Crippen LogP contribution < -0.4 is 5.32 Å². The molecule has 0 saturated carbocycles. The molecule has 0 aliphatic heterocycles. The Bertz CT molecular complexity index is 589. The van der Waals surface area contributed by atoms with Crippen LogP contribution in [0.2, 0.25) is 5.02 Å². The minimum atomic E-state index is -0.715. The number of halogens is 1. The van der Waals surface area contributed by atoms with Crippen LogP contribution in [0.3, 0.4) is 0 Å². The molecule has 6 nitrogen and oxygen atoms in total. The molecule has 1 aromatic carbocycles. The first kappa shape index (κ1) is 19.0. The molecule has 0 saturated heterocycles. The van der Waals surface area contributed by atoms with Crippen LogP contribution in [0.5, 0.6) is 0 Å². The zero-order chi connectivity index (χ0) is 17.4. The zero-order valence-electron chi connectivity index (χ0n) is 13.4. The van der Waals surface area contributed by atoms with E-state index in [4.69, 9.17) is 16.3 Å². The number of hydrogen-bond donors (Lipinski definition) is 2. The number of ether oxygens (including phenoxy) is 1. The number of amides is 1. The quantitative estimate of drug-likeness (QED) is 0.345. The molecule has 1 rings (SSSR count). The first-order chi connectivity index (χ1) is 10.8. The predicted molar refractivity (Wildman–Crippen MR) is 86.8 cm³/mol. The van der Waals surface area contributed by atoms with Gasteiger partial charge < -0.3 is 10.1 Å². The van der Waals surface area contributed by atoms with E-state index in [0.29, 0.717) is 21.3 Å². The lowest BCUT2D eigenvalue weighted by atomic mass is 10.2. The summed E-state index contributed by atoms with van der Waals surface area (Å²) in [5.74, 6) is -1.03. The topological polar surface area (TPSA) is 78.9 Å². The van der Waals surface area contributed by atoms with E-state index in [1.165, 1.54) is 6.08 Å². The van der Waals surface area contributed by atoms with Crippen LogP contribution in [0.15, 0.2) is 36.0 Å². The highest BCUT2D eigenvalue weighted by molar-refractivity contribution is 6.31. The van der Waals surface area contributed by atoms with E-state index in [-0.39, 0.29) is 13.2 Å². The molecule has 23 heavy (non-hydrogen) atoms. The van der Waals surface area contributed by atoms with E-state index >= 15 is 0 Å². The molecule has 126 valence electrons. The van der Waals surface area contributed by atoms with Crippen molar-refractivity contribution in [1.29, 1.82) is 0 Å². The first-order valence-electron chi connectivity index (χ1n) is 7.20. The van der Waals surface area contributed by atoms with Gasteiger partial charge in [0.15, 0.2) is 0 Å². The molecule has 0 aliphatic carbocycles. The maximum Gasteiger partial charge on any atom is 0.332 e. The van der Waals surface area contributed by atoms with Gasteiger partial charge in [-0.1, -0.05) is 29.8 Å². The molecule has 1 aromatic rings. The van der Waals surface area contributed by atoms with Gasteiger partial charge in [0.2, 0.25) is 0 Å². The van der Waals surface area contributed by atoms with Crippen LogP contribution in [0.25, 0.3) is 0 Å². The number of carbonyl (C=O) groups excluding carboxylic acids is 2. The number of benzene rings is 1. The number of carbonyl (C=O) groups is 2. The summed E-state index contributed by atoms with van der Waals surface area (Å²) < 4.78 is 4.78. The van der Waals surface area contributed by atoms with Gasteiger partial charge in [-0.3, -0.25) is 10.0 Å². The molecule has 0 aromatic heterocycles. The van der Waals surface area contributed by atoms with Gasteiger partial charge in [-0.2, -0.15) is 0 Å². The standard InChI is InChI=1S/C16H21ClN2O4/c1-4-23-15(20)9-11(2)18-12(3)16(21)19(22)10-13-7-5-6-8-14(13)17/h5-9,12,18,22H,4,10H2,1-3H3/b11-9-/t12-/m0/s1. The van der Waals surface area contributed by atoms with Crippen LogP contribution in [-0.4, -0.2) is 34.8 Å². The second kappa shape index (κ2) is 9.17. The third kappa shape index (κ3) is 6.30. The third-order valence-corrected chi connectivity index (χ3v) is 3.34. The van der Waals surface area contributed by atoms with Crippen molar-refractivity contribution >= 4 is 23.5 Å². The van der Waals surface area contributed by atoms with E-state index in [1.807, 2.05) is 0 Å². The average Bonchev–Trinajstić information content (AvgIpc) is 2.48. The fourth-order valence-electron chi connectivity index (χ4n) is 1.90. The van der Waals surface area contributed by atoms with E-state index in [1.54, 1.807) is 45.0 Å². The minimum Gasteiger partial charge on any atom is -0.463 e. The number of allylic oxidation sites excluding steroid dienone is 1. The Morgan fingerprint density at radius 2 is 2.09 bits per heavy atom. The van der Waals surface area contributed by atoms with Crippen molar-refractivity contribution in [3.05, 3.63) is 46.6 Å². The van der Waals surface area contributed by atoms with Gasteiger partial charge in [0.1, 0.15) is 6.04 Å². The van der Waals surface area contributed by atoms with Gasteiger partial charge in [-0.25, -0.2) is 9.86 Å². The Balaban J connectivity index is 2.62. The molecule has 0 fully saturated rings. The van der Waals surface area contributed by atoms with Crippen molar-refractivity contribution in [2.24, 2.45) is 0 Å². The van der Waals surface area contributed by atoms with Crippen molar-refractivity contribution in [2.45, 2.75) is 33.4 Å². The number of rotatable bonds is 7. The molecule has 0 heterocycles. The van der Waals surface area contributed by atoms with Crippen LogP contribution in [0, 0.1) is 0 Å². The summed E-state index contributed by atoms with van der Waals surface area (Å²) in [5, 5.41) is 13.8. The highest BCUT2D eigenvalue weighted by atomic mass is 35.5. The maximum atomic E-state index is 12.1. The Hall–Kier alpha value is -2.05. The van der Waals surface area contributed by atoms with Gasteiger partial charge in [-0.15, -0.1) is 0 Å². The summed E-state index contributed by atoms with van der Waals surface area (Å²) in [4.78, 5) is 23.5. The van der Waals surface area contributed by atoms with E-state index < -0.39 is 17.9 Å². The second-order valence-corrected chi connectivity index (χ2v) is 5.34. The molecule has 0 aliphatic rings. The van der Waals surface area contributed by atoms with Gasteiger partial charge in [-0.05, 0) is 32.4 Å². The van der Waals surface area contributed by atoms with Gasteiger partial charge in [0.25, 0.3) is 5.91 Å². The van der Waals surface area contributed by atoms with Crippen LogP contribution >= 0.6 is 11.6 Å². The summed E-state index contributed by atoms with van der Waals surface area (Å²) in [6.07, 6.45) is 1.25. The van der Waals surface area contributed by atoms with Crippen molar-refractivity contribution in [3.8, 4) is 0 Å². The Kier molecular flexibility index (Phi) is 7.57. The molecule has 2 N–H and O–H groups in total. The summed E-state index contributed by atoms with van der Waals surface area (Å²) in [7, 11) is 0. The number of hydrogen-bond acceptors (Lipinski definition) is 5. The number of hydroxylamine groups is 2. The first-order valence-corrected chi connectivity index (χ1v) is 7.58. The summed E-state index contributed by atoms with van der Waals surface area (Å²) in [6.45, 7) is 5.18. The molecule has 7 heteroatoms. The molecule has 1 amide bonds. The van der Waals surface area contributed by atoms with Gasteiger partial charge in [0, 0.05) is 16.8 Å². The Morgan fingerprint density at radius 1 is 1.43 bits per heavy atom. The highest BCUT2D eigenvalue weighted by Crippen LogP contribution is 2.16. The van der Waals surface area contributed by atoms with Gasteiger partial charge in [0.05, 0.1) is 13.2 Å². The summed E-state index contributed by atoms with van der Waals surface area (Å²) in [5.41, 5.74) is 1.10. The van der Waals surface area contributed by atoms with E-state index in [2.05, 4.69) is 5.32 Å². The van der Waals surface area contributed by atoms with Crippen molar-refractivity contribution in [2.75, 3.05) is 6.61 Å². The van der Waals surface area contributed by atoms with Crippen molar-refractivity contribution < 1.29 is 19.5 Å². The van der Waals surface area contributed by atoms with E-state index in [9.17, 15) is 14.8 Å². The fraction of sp³-hybridized carbons (Fsp3) is 0.375. The Labute approximate surface area is 140 Å². The maximum absolute atomic E-state index is 12.1. The van der Waals surface area contributed by atoms with Crippen LogP contribution in [-0.2, 0) is 20.9 Å². The smallest absolute Gasteiger partial charge is 0.332 e. The lowest BCUT2D eigenvalue weighted by molar-refractivity contribution is -0.169. The summed E-state index contributed by atoms with van der Waals surface area (Å²) >= 11 is 6.00. The molecule has 0 radical (unpaired) electrons. The minimum absolute atomic E-state index is 0.0227. The lowest BCUT2D eigenvalue weighted by Crippen LogP contribution is -2.42. The van der Waals surface area contributed by atoms with Crippen LogP contribution in [0.1, 0.15) is 26.3 Å². The molecule has 0 spiro atoms. The monoisotopic (exact) mass is 340 g/mol. The lowest BCUT2D eigenvalue weighted by Gasteiger charge is -2.21. The van der Waals surface area contributed by atoms with Crippen molar-refractivity contribution in [3.63, 3.8) is 0 Å². The van der Waals surface area contributed by atoms with E-state index in [0.717, 1.165) is 0 Å². The molecule has 1 atom stereocenters. The number of nitrogens with one attached hydrogen (secondary N) is 1. The zero-order valence-corrected chi connectivity index (χ0v) is 14.1. The fourth-order valence-corrected chi connectivity index (χ4v) is 2.09. The Morgan fingerprint density at radius 3 is 2.70 bits per heavy atom. The van der Waals surface area contributed by atoms with Crippen molar-refractivity contribution in [1.82, 2.24) is 10.4 Å². The third-order valence-electron chi connectivity index (χ3n) is 2.97. The van der Waals surface area contributed by atoms with Gasteiger partial charge >= 0.3 is 5.97 Å². The van der Waals surface area contributed by atoms with Crippen LogP contribution in [0.4, 0.5) is 0 Å². The normalized spacial score (nSPS) is 12.5. The predicted octanol–water partition coefficient (Wildman–Crippen LogP) is 2.50. The average molecular weight is 341 g/mol. The summed E-state index contributed by atoms with van der Waals surface area (Å²) in [6, 6.07) is 6.23. The SMILES string of the molecule is CCOC(=O)/C=C(/C)N[C@@H](C)C(=O)N(O)Cc1ccccc1Cl. The second-order valence-electron chi connectivity index (χ2n) is 4.93. The number of esters is 1. The molecule has 0 bridgehead atoms. The number of nitrogens with zero attached hydrogens (tertiary/aromatic N) is 1. The highest BCUT2D eigenvalue weighted by Gasteiger charge is 2.20. The largest absolute Gasteiger partial charge is 0.463 e.